The number of amides is 2. The molecule has 29 heavy (non-hydrogen) atoms. The third-order valence-electron chi connectivity index (χ3n) is 5.33. The van der Waals surface area contributed by atoms with E-state index in [-0.39, 0.29) is 11.8 Å². The van der Waals surface area contributed by atoms with Crippen LogP contribution in [0.1, 0.15) is 37.4 Å². The highest BCUT2D eigenvalue weighted by Crippen LogP contribution is 2.20. The Labute approximate surface area is 171 Å². The molecule has 4 rings (SSSR count). The van der Waals surface area contributed by atoms with Gasteiger partial charge < -0.3 is 10.2 Å². The van der Waals surface area contributed by atoms with Gasteiger partial charge in [0.2, 0.25) is 0 Å². The summed E-state index contributed by atoms with van der Waals surface area (Å²) in [6.07, 6.45) is 1.64. The van der Waals surface area contributed by atoms with E-state index in [1.165, 1.54) is 16.7 Å². The maximum absolute atomic E-state index is 13.0. The van der Waals surface area contributed by atoms with Crippen molar-refractivity contribution in [1.82, 2.24) is 10.2 Å². The minimum Gasteiger partial charge on any atom is -0.352 e. The van der Waals surface area contributed by atoms with Crippen LogP contribution in [-0.4, -0.2) is 29.8 Å². The Morgan fingerprint density at radius 1 is 0.828 bits per heavy atom. The topological polar surface area (TPSA) is 49.4 Å². The summed E-state index contributed by atoms with van der Waals surface area (Å²) in [4.78, 5) is 27.3. The lowest BCUT2D eigenvalue weighted by molar-refractivity contribution is 0.0734. The summed E-state index contributed by atoms with van der Waals surface area (Å²) in [7, 11) is 0. The average Bonchev–Trinajstić information content (AvgIpc) is 2.79. The van der Waals surface area contributed by atoms with Gasteiger partial charge >= 0.3 is 0 Å². The molecule has 3 aromatic rings. The fourth-order valence-corrected chi connectivity index (χ4v) is 3.71. The first-order valence-corrected chi connectivity index (χ1v) is 9.99. The summed E-state index contributed by atoms with van der Waals surface area (Å²) in [5.41, 5.74) is 4.76. The first-order chi connectivity index (χ1) is 14.2. The number of nitrogens with one attached hydrogen (secondary N) is 1. The van der Waals surface area contributed by atoms with Crippen molar-refractivity contribution < 1.29 is 9.59 Å². The van der Waals surface area contributed by atoms with Crippen LogP contribution < -0.4 is 5.32 Å². The highest BCUT2D eigenvalue weighted by Gasteiger charge is 2.22. The molecular formula is C25H24N2O2. The van der Waals surface area contributed by atoms with E-state index in [1.807, 2.05) is 47.4 Å². The highest BCUT2D eigenvalue weighted by molar-refractivity contribution is 5.99. The molecule has 1 aliphatic heterocycles. The van der Waals surface area contributed by atoms with Crippen LogP contribution in [0.25, 0.3) is 0 Å². The Morgan fingerprint density at radius 3 is 2.38 bits per heavy atom. The monoisotopic (exact) mass is 384 g/mol. The zero-order valence-corrected chi connectivity index (χ0v) is 16.3. The number of carbonyl (C=O) groups excluding carboxylic acids is 2. The van der Waals surface area contributed by atoms with Crippen LogP contribution in [0.2, 0.25) is 0 Å². The molecule has 4 nitrogen and oxygen atoms in total. The predicted molar refractivity (Wildman–Crippen MR) is 114 cm³/mol. The molecule has 0 saturated carbocycles. The molecule has 0 fully saturated rings. The lowest BCUT2D eigenvalue weighted by Gasteiger charge is -2.29. The van der Waals surface area contributed by atoms with E-state index < -0.39 is 0 Å². The number of nitrogens with zero attached hydrogens (tertiary/aromatic N) is 1. The molecular weight excluding hydrogens is 360 g/mol. The number of rotatable bonds is 5. The molecule has 146 valence electrons. The predicted octanol–water partition coefficient (Wildman–Crippen LogP) is 3.86. The Bertz CT molecular complexity index is 1010. The van der Waals surface area contributed by atoms with Crippen molar-refractivity contribution in [2.75, 3.05) is 13.1 Å². The summed E-state index contributed by atoms with van der Waals surface area (Å²) in [5.74, 6) is -0.182. The van der Waals surface area contributed by atoms with E-state index in [0.29, 0.717) is 30.8 Å². The van der Waals surface area contributed by atoms with E-state index in [0.717, 1.165) is 12.8 Å². The summed E-state index contributed by atoms with van der Waals surface area (Å²) in [5, 5.41) is 2.94. The number of benzene rings is 3. The normalized spacial score (nSPS) is 12.9. The maximum atomic E-state index is 13.0. The van der Waals surface area contributed by atoms with Crippen LogP contribution in [0.4, 0.5) is 0 Å². The molecule has 0 atom stereocenters. The van der Waals surface area contributed by atoms with E-state index in [4.69, 9.17) is 0 Å². The van der Waals surface area contributed by atoms with Crippen LogP contribution in [0.15, 0.2) is 78.9 Å². The van der Waals surface area contributed by atoms with Crippen LogP contribution in [0, 0.1) is 0 Å². The third-order valence-corrected chi connectivity index (χ3v) is 5.33. The first kappa shape index (κ1) is 18.9. The number of hydrogen-bond acceptors (Lipinski definition) is 2. The van der Waals surface area contributed by atoms with Crippen LogP contribution in [0.5, 0.6) is 0 Å². The van der Waals surface area contributed by atoms with Crippen LogP contribution in [0.3, 0.4) is 0 Å². The largest absolute Gasteiger partial charge is 0.352 e. The zero-order valence-electron chi connectivity index (χ0n) is 16.3. The fraction of sp³-hybridized carbons (Fsp3) is 0.200. The minimum atomic E-state index is -0.153. The molecule has 0 saturated heterocycles. The molecule has 0 unspecified atom stereocenters. The zero-order chi connectivity index (χ0) is 20.1. The Morgan fingerprint density at radius 2 is 1.55 bits per heavy atom. The van der Waals surface area contributed by atoms with Gasteiger partial charge in [0, 0.05) is 30.8 Å². The van der Waals surface area contributed by atoms with E-state index in [9.17, 15) is 9.59 Å². The smallest absolute Gasteiger partial charge is 0.254 e. The standard InChI is InChI=1S/C25H24N2O2/c28-24(26-15-13-19-7-2-1-3-8-19)21-11-6-12-22(17-21)25(29)27-16-14-20-9-4-5-10-23(20)18-27/h1-12,17H,13-16,18H2,(H,26,28). The Balaban J connectivity index is 1.39. The van der Waals surface area contributed by atoms with Crippen molar-refractivity contribution in [3.05, 3.63) is 107 Å². The number of fused-ring (bicyclic) bond motifs is 1. The molecule has 0 aliphatic carbocycles. The quantitative estimate of drug-likeness (QED) is 0.726. The molecule has 0 spiro atoms. The summed E-state index contributed by atoms with van der Waals surface area (Å²) >= 11 is 0. The highest BCUT2D eigenvalue weighted by atomic mass is 16.2. The van der Waals surface area contributed by atoms with Crippen molar-refractivity contribution in [3.8, 4) is 0 Å². The van der Waals surface area contributed by atoms with Gasteiger partial charge in [0.15, 0.2) is 0 Å². The lowest BCUT2D eigenvalue weighted by atomic mass is 9.99. The van der Waals surface area contributed by atoms with Crippen molar-refractivity contribution in [3.63, 3.8) is 0 Å². The summed E-state index contributed by atoms with van der Waals surface area (Å²) in [6, 6.07) is 25.3. The molecule has 1 aliphatic rings. The van der Waals surface area contributed by atoms with Gasteiger partial charge in [-0.25, -0.2) is 0 Å². The SMILES string of the molecule is O=C(NCCc1ccccc1)c1cccc(C(=O)N2CCc3ccccc3C2)c1. The van der Waals surface area contributed by atoms with Gasteiger partial charge in [0.1, 0.15) is 0 Å². The van der Waals surface area contributed by atoms with Gasteiger partial charge in [-0.3, -0.25) is 9.59 Å². The van der Waals surface area contributed by atoms with Gasteiger partial charge in [-0.05, 0) is 47.7 Å². The summed E-state index contributed by atoms with van der Waals surface area (Å²) < 4.78 is 0. The summed E-state index contributed by atoms with van der Waals surface area (Å²) in [6.45, 7) is 1.87. The van der Waals surface area contributed by atoms with Gasteiger partial charge in [-0.1, -0.05) is 60.7 Å². The molecule has 1 N–H and O–H groups in total. The van der Waals surface area contributed by atoms with Gasteiger partial charge in [0.25, 0.3) is 11.8 Å². The lowest BCUT2D eigenvalue weighted by Crippen LogP contribution is -2.36. The third kappa shape index (κ3) is 4.54. The maximum Gasteiger partial charge on any atom is 0.254 e. The Kier molecular flexibility index (Phi) is 5.71. The van der Waals surface area contributed by atoms with Crippen LogP contribution in [-0.2, 0) is 19.4 Å². The van der Waals surface area contributed by atoms with Crippen LogP contribution >= 0.6 is 0 Å². The van der Waals surface area contributed by atoms with Crippen molar-refractivity contribution in [2.24, 2.45) is 0 Å². The molecule has 0 aromatic heterocycles. The second-order valence-electron chi connectivity index (χ2n) is 7.32. The van der Waals surface area contributed by atoms with Gasteiger partial charge in [0.05, 0.1) is 0 Å². The number of hydrogen-bond donors (Lipinski definition) is 1. The van der Waals surface area contributed by atoms with Crippen molar-refractivity contribution in [2.45, 2.75) is 19.4 Å². The Hall–Kier alpha value is -3.40. The second-order valence-corrected chi connectivity index (χ2v) is 7.32. The molecule has 1 heterocycles. The second kappa shape index (κ2) is 8.74. The molecule has 0 radical (unpaired) electrons. The average molecular weight is 384 g/mol. The van der Waals surface area contributed by atoms with Crippen molar-refractivity contribution >= 4 is 11.8 Å². The van der Waals surface area contributed by atoms with E-state index in [1.54, 1.807) is 24.3 Å². The van der Waals surface area contributed by atoms with Crippen molar-refractivity contribution in [1.29, 1.82) is 0 Å². The first-order valence-electron chi connectivity index (χ1n) is 9.99. The van der Waals surface area contributed by atoms with Gasteiger partial charge in [-0.2, -0.15) is 0 Å². The molecule has 2 amide bonds. The van der Waals surface area contributed by atoms with Gasteiger partial charge in [-0.15, -0.1) is 0 Å². The van der Waals surface area contributed by atoms with E-state index in [2.05, 4.69) is 17.4 Å². The molecule has 4 heteroatoms. The fourth-order valence-electron chi connectivity index (χ4n) is 3.71. The molecule has 3 aromatic carbocycles. The molecule has 0 bridgehead atoms. The van der Waals surface area contributed by atoms with E-state index >= 15 is 0 Å². The number of carbonyl (C=O) groups is 2. The minimum absolute atomic E-state index is 0.0292.